The largest absolute Gasteiger partial charge is 0.391 e. The fraction of sp³-hybridized carbons (Fsp3) is 0.810. The number of carbonyl (C=O) groups excluding carboxylic acids is 2. The number of rotatable bonds is 2. The molecule has 0 radical (unpaired) electrons. The third-order valence-corrected chi connectivity index (χ3v) is 9.75. The Balaban J connectivity index is 1.80. The Morgan fingerprint density at radius 3 is 2.59 bits per heavy atom. The van der Waals surface area contributed by atoms with Gasteiger partial charge in [0, 0.05) is 17.3 Å². The second kappa shape index (κ2) is 5.88. The number of fused-ring (bicyclic) bond motifs is 5. The number of hydrogen-bond acceptors (Lipinski definition) is 5. The van der Waals surface area contributed by atoms with Crippen LogP contribution >= 0.6 is 11.6 Å². The smallest absolute Gasteiger partial charge is 0.190 e. The molecule has 3 saturated carbocycles. The van der Waals surface area contributed by atoms with E-state index >= 15 is 0 Å². The molecule has 0 aromatic heterocycles. The Kier molecular flexibility index (Phi) is 4.26. The van der Waals surface area contributed by atoms with Crippen LogP contribution in [0.3, 0.4) is 0 Å². The Bertz CT molecular complexity index is 734. The van der Waals surface area contributed by atoms with Crippen molar-refractivity contribution in [1.82, 2.24) is 0 Å². The summed E-state index contributed by atoms with van der Waals surface area (Å²) in [7, 11) is 0. The fourth-order valence-corrected chi connectivity index (χ4v) is 7.72. The first-order chi connectivity index (χ1) is 12.5. The number of aliphatic hydroxyl groups excluding tert-OH is 2. The molecule has 3 N–H and O–H groups in total. The molecule has 3 fully saturated rings. The lowest BCUT2D eigenvalue weighted by Crippen LogP contribution is -2.69. The van der Waals surface area contributed by atoms with Gasteiger partial charge in [-0.3, -0.25) is 9.59 Å². The average Bonchev–Trinajstić information content (AvgIpc) is 2.88. The molecule has 0 aliphatic heterocycles. The minimum absolute atomic E-state index is 0.00472. The Morgan fingerprint density at radius 2 is 1.93 bits per heavy atom. The van der Waals surface area contributed by atoms with E-state index in [1.165, 1.54) is 0 Å². The SMILES string of the molecule is C[C@]12CCC(=O)C=C1CC[C@H]1[C@@H]3CC[C@](O)(C(=O)CO)[C@@]3(C)C[C@H](O)[C@@]12Cl. The molecular weight excluding hydrogens is 368 g/mol. The normalized spacial score (nSPS) is 51.9. The van der Waals surface area contributed by atoms with E-state index in [-0.39, 0.29) is 24.0 Å². The molecule has 0 spiro atoms. The first kappa shape index (κ1) is 19.6. The first-order valence-corrected chi connectivity index (χ1v) is 10.4. The molecule has 0 heterocycles. The molecule has 4 rings (SSSR count). The van der Waals surface area contributed by atoms with E-state index in [1.807, 2.05) is 6.92 Å². The highest BCUT2D eigenvalue weighted by Gasteiger charge is 2.73. The minimum atomic E-state index is -1.62. The predicted molar refractivity (Wildman–Crippen MR) is 100 cm³/mol. The molecule has 0 unspecified atom stereocenters. The lowest BCUT2D eigenvalue weighted by molar-refractivity contribution is -0.176. The molecule has 5 nitrogen and oxygen atoms in total. The summed E-state index contributed by atoms with van der Waals surface area (Å²) in [6.45, 7) is 3.24. The van der Waals surface area contributed by atoms with Crippen molar-refractivity contribution >= 4 is 23.2 Å². The standard InChI is InChI=1S/C21H29ClO5/c1-18-7-5-13(24)9-12(18)3-4-15-14-6-8-20(27,17(26)11-23)19(14,2)10-16(25)21(15,18)22/h9,14-16,23,25,27H,3-8,10-11H2,1-2H3/t14-,15-,16-,18-,19-,20-,21-/m0/s1. The first-order valence-electron chi connectivity index (χ1n) is 10.0. The highest BCUT2D eigenvalue weighted by atomic mass is 35.5. The second-order valence-electron chi connectivity index (χ2n) is 9.61. The van der Waals surface area contributed by atoms with Crippen molar-refractivity contribution < 1.29 is 24.9 Å². The molecule has 4 aliphatic carbocycles. The fourth-order valence-electron chi connectivity index (χ4n) is 7.16. The molecule has 4 aliphatic rings. The van der Waals surface area contributed by atoms with Crippen molar-refractivity contribution in [3.8, 4) is 0 Å². The van der Waals surface area contributed by atoms with Gasteiger partial charge in [0.05, 0.1) is 11.0 Å². The van der Waals surface area contributed by atoms with Crippen LogP contribution in [0, 0.1) is 22.7 Å². The quantitative estimate of drug-likeness (QED) is 0.621. The zero-order valence-electron chi connectivity index (χ0n) is 16.0. The van der Waals surface area contributed by atoms with Crippen LogP contribution in [0.1, 0.15) is 58.8 Å². The van der Waals surface area contributed by atoms with Crippen molar-refractivity contribution in [2.75, 3.05) is 6.61 Å². The van der Waals surface area contributed by atoms with Crippen LogP contribution in [-0.2, 0) is 9.59 Å². The summed E-state index contributed by atoms with van der Waals surface area (Å²) >= 11 is 7.31. The zero-order chi connectivity index (χ0) is 19.8. The predicted octanol–water partition coefficient (Wildman–Crippen LogP) is 2.14. The molecule has 27 heavy (non-hydrogen) atoms. The van der Waals surface area contributed by atoms with E-state index in [0.717, 1.165) is 18.4 Å². The van der Waals surface area contributed by atoms with Gasteiger partial charge in [0.2, 0.25) is 0 Å². The van der Waals surface area contributed by atoms with Crippen LogP contribution in [0.5, 0.6) is 0 Å². The topological polar surface area (TPSA) is 94.8 Å². The van der Waals surface area contributed by atoms with Gasteiger partial charge in [-0.15, -0.1) is 11.6 Å². The maximum atomic E-state index is 12.4. The van der Waals surface area contributed by atoms with Crippen LogP contribution < -0.4 is 0 Å². The highest BCUT2D eigenvalue weighted by molar-refractivity contribution is 6.26. The molecule has 7 atom stereocenters. The molecule has 0 aromatic rings. The minimum Gasteiger partial charge on any atom is -0.391 e. The Morgan fingerprint density at radius 1 is 1.22 bits per heavy atom. The summed E-state index contributed by atoms with van der Waals surface area (Å²) < 4.78 is 0. The number of carbonyl (C=O) groups is 2. The van der Waals surface area contributed by atoms with Crippen molar-refractivity contribution in [2.45, 2.75) is 75.4 Å². The third-order valence-electron chi connectivity index (χ3n) is 8.80. The lowest BCUT2D eigenvalue weighted by atomic mass is 9.45. The van der Waals surface area contributed by atoms with Gasteiger partial charge in [-0.05, 0) is 56.4 Å². The van der Waals surface area contributed by atoms with Crippen molar-refractivity contribution in [3.63, 3.8) is 0 Å². The van der Waals surface area contributed by atoms with Gasteiger partial charge in [-0.1, -0.05) is 19.4 Å². The number of ketones is 2. The number of alkyl halides is 1. The number of halogens is 1. The van der Waals surface area contributed by atoms with E-state index in [2.05, 4.69) is 6.92 Å². The van der Waals surface area contributed by atoms with Gasteiger partial charge >= 0.3 is 0 Å². The van der Waals surface area contributed by atoms with Crippen LogP contribution in [0.15, 0.2) is 11.6 Å². The summed E-state index contributed by atoms with van der Waals surface area (Å²) in [6, 6.07) is 0. The summed E-state index contributed by atoms with van der Waals surface area (Å²) in [4.78, 5) is 23.5. The van der Waals surface area contributed by atoms with Crippen LogP contribution in [0.4, 0.5) is 0 Å². The Labute approximate surface area is 164 Å². The molecule has 0 amide bonds. The van der Waals surface area contributed by atoms with Crippen LogP contribution in [-0.4, -0.2) is 50.1 Å². The Hall–Kier alpha value is -0.750. The van der Waals surface area contributed by atoms with Gasteiger partial charge < -0.3 is 15.3 Å². The van der Waals surface area contributed by atoms with Crippen molar-refractivity contribution in [1.29, 1.82) is 0 Å². The maximum Gasteiger partial charge on any atom is 0.190 e. The van der Waals surface area contributed by atoms with E-state index in [0.29, 0.717) is 25.7 Å². The van der Waals surface area contributed by atoms with Gasteiger partial charge in [0.1, 0.15) is 12.2 Å². The molecule has 0 saturated heterocycles. The molecule has 0 bridgehead atoms. The van der Waals surface area contributed by atoms with Crippen molar-refractivity contribution in [3.05, 3.63) is 11.6 Å². The third kappa shape index (κ3) is 2.17. The molecular formula is C21H29ClO5. The van der Waals surface area contributed by atoms with Gasteiger partial charge in [-0.25, -0.2) is 0 Å². The van der Waals surface area contributed by atoms with Gasteiger partial charge in [-0.2, -0.15) is 0 Å². The summed E-state index contributed by atoms with van der Waals surface area (Å²) in [5, 5.41) is 31.9. The maximum absolute atomic E-state index is 12.4. The van der Waals surface area contributed by atoms with Gasteiger partial charge in [0.15, 0.2) is 11.6 Å². The summed E-state index contributed by atoms with van der Waals surface area (Å²) in [6.07, 6.45) is 4.54. The van der Waals surface area contributed by atoms with E-state index in [1.54, 1.807) is 6.08 Å². The lowest BCUT2D eigenvalue weighted by Gasteiger charge is -2.64. The summed E-state index contributed by atoms with van der Waals surface area (Å²) in [5.74, 6) is -0.494. The van der Waals surface area contributed by atoms with Crippen LogP contribution in [0.2, 0.25) is 0 Å². The monoisotopic (exact) mass is 396 g/mol. The second-order valence-corrected chi connectivity index (χ2v) is 10.2. The van der Waals surface area contributed by atoms with E-state index in [9.17, 15) is 24.9 Å². The average molecular weight is 397 g/mol. The molecule has 6 heteroatoms. The van der Waals surface area contributed by atoms with Crippen molar-refractivity contribution in [2.24, 2.45) is 22.7 Å². The number of aliphatic hydroxyl groups is 3. The van der Waals surface area contributed by atoms with Crippen LogP contribution in [0.25, 0.3) is 0 Å². The zero-order valence-corrected chi connectivity index (χ0v) is 16.8. The summed E-state index contributed by atoms with van der Waals surface area (Å²) in [5.41, 5.74) is -1.86. The number of hydrogen-bond donors (Lipinski definition) is 3. The number of allylic oxidation sites excluding steroid dienone is 1. The number of Topliss-reactive ketones (excluding diaryl/α,β-unsaturated/α-hetero) is 1. The molecule has 0 aromatic carbocycles. The molecule has 150 valence electrons. The van der Waals surface area contributed by atoms with Gasteiger partial charge in [0.25, 0.3) is 0 Å². The van der Waals surface area contributed by atoms with E-state index < -0.39 is 39.8 Å². The van der Waals surface area contributed by atoms with E-state index in [4.69, 9.17) is 11.6 Å². The highest BCUT2D eigenvalue weighted by Crippen LogP contribution is 2.71.